The van der Waals surface area contributed by atoms with Gasteiger partial charge in [-0.05, 0) is 62.6 Å². The average molecular weight is 441 g/mol. The van der Waals surface area contributed by atoms with Gasteiger partial charge in [-0.1, -0.05) is 23.5 Å². The SMILES string of the molecule is CCOc1ccc(CC(=O)N(CC2CCCO2)c2nc3ccc(OCC)cc3s2)cc1. The smallest absolute Gasteiger partial charge is 0.233 e. The molecule has 4 rings (SSSR count). The monoisotopic (exact) mass is 440 g/mol. The number of carbonyl (C=O) groups is 1. The van der Waals surface area contributed by atoms with Crippen molar-refractivity contribution in [2.45, 2.75) is 39.2 Å². The van der Waals surface area contributed by atoms with Gasteiger partial charge in [0.25, 0.3) is 0 Å². The van der Waals surface area contributed by atoms with Crippen LogP contribution in [0.1, 0.15) is 32.3 Å². The third kappa shape index (κ3) is 5.35. The second kappa shape index (κ2) is 10.1. The maximum atomic E-state index is 13.3. The van der Waals surface area contributed by atoms with Gasteiger partial charge in [0.1, 0.15) is 11.5 Å². The number of fused-ring (bicyclic) bond motifs is 1. The molecule has 3 aromatic rings. The standard InChI is InChI=1S/C24H28N2O4S/c1-3-28-18-9-7-17(8-10-18)14-23(27)26(16-20-6-5-13-30-20)24-25-21-12-11-19(29-4-2)15-22(21)31-24/h7-12,15,20H,3-6,13-14,16H2,1-2H3. The number of amides is 1. The van der Waals surface area contributed by atoms with E-state index in [2.05, 4.69) is 0 Å². The third-order valence-electron chi connectivity index (χ3n) is 5.19. The van der Waals surface area contributed by atoms with Gasteiger partial charge in [0, 0.05) is 6.61 Å². The van der Waals surface area contributed by atoms with Crippen LogP contribution in [0.3, 0.4) is 0 Å². The van der Waals surface area contributed by atoms with E-state index in [9.17, 15) is 4.79 Å². The molecule has 1 atom stereocenters. The van der Waals surface area contributed by atoms with E-state index in [0.29, 0.717) is 31.3 Å². The minimum absolute atomic E-state index is 0.0174. The van der Waals surface area contributed by atoms with Crippen molar-refractivity contribution in [1.29, 1.82) is 0 Å². The highest BCUT2D eigenvalue weighted by molar-refractivity contribution is 7.22. The number of carbonyl (C=O) groups excluding carboxylic acids is 1. The Kier molecular flexibility index (Phi) is 7.04. The number of benzene rings is 2. The number of nitrogens with zero attached hydrogens (tertiary/aromatic N) is 2. The van der Waals surface area contributed by atoms with Crippen molar-refractivity contribution in [3.8, 4) is 11.5 Å². The van der Waals surface area contributed by atoms with E-state index >= 15 is 0 Å². The summed E-state index contributed by atoms with van der Waals surface area (Å²) in [5, 5.41) is 0.704. The maximum Gasteiger partial charge on any atom is 0.233 e. The quantitative estimate of drug-likeness (QED) is 0.476. The Morgan fingerprint density at radius 1 is 1.13 bits per heavy atom. The molecule has 0 saturated carbocycles. The molecule has 1 unspecified atom stereocenters. The van der Waals surface area contributed by atoms with Crippen LogP contribution in [0, 0.1) is 0 Å². The summed E-state index contributed by atoms with van der Waals surface area (Å²) in [7, 11) is 0. The van der Waals surface area contributed by atoms with Gasteiger partial charge in [0.05, 0.1) is 42.5 Å². The second-order valence-corrected chi connectivity index (χ2v) is 8.46. The lowest BCUT2D eigenvalue weighted by atomic mass is 10.1. The number of ether oxygens (including phenoxy) is 3. The lowest BCUT2D eigenvalue weighted by molar-refractivity contribution is -0.118. The normalized spacial score (nSPS) is 15.9. The molecule has 1 saturated heterocycles. The van der Waals surface area contributed by atoms with Gasteiger partial charge in [-0.15, -0.1) is 0 Å². The first kappa shape index (κ1) is 21.6. The molecule has 164 valence electrons. The lowest BCUT2D eigenvalue weighted by Gasteiger charge is -2.23. The van der Waals surface area contributed by atoms with Gasteiger partial charge in [-0.2, -0.15) is 0 Å². The summed E-state index contributed by atoms with van der Waals surface area (Å²) >= 11 is 1.52. The molecule has 2 aromatic carbocycles. The molecule has 0 N–H and O–H groups in total. The molecule has 0 spiro atoms. The van der Waals surface area contributed by atoms with E-state index in [1.54, 1.807) is 4.90 Å². The molecular formula is C24H28N2O4S. The number of rotatable bonds is 9. The lowest BCUT2D eigenvalue weighted by Crippen LogP contribution is -2.38. The van der Waals surface area contributed by atoms with Crippen molar-refractivity contribution in [1.82, 2.24) is 4.98 Å². The minimum atomic E-state index is 0.0174. The summed E-state index contributed by atoms with van der Waals surface area (Å²) in [5.41, 5.74) is 1.82. The van der Waals surface area contributed by atoms with E-state index in [-0.39, 0.29) is 12.0 Å². The Labute approximate surface area is 186 Å². The van der Waals surface area contributed by atoms with Gasteiger partial charge in [-0.25, -0.2) is 4.98 Å². The third-order valence-corrected chi connectivity index (χ3v) is 6.23. The van der Waals surface area contributed by atoms with Gasteiger partial charge >= 0.3 is 0 Å². The molecule has 1 aromatic heterocycles. The molecule has 7 heteroatoms. The van der Waals surface area contributed by atoms with E-state index in [4.69, 9.17) is 19.2 Å². The van der Waals surface area contributed by atoms with Gasteiger partial charge in [-0.3, -0.25) is 9.69 Å². The molecule has 0 radical (unpaired) electrons. The predicted molar refractivity (Wildman–Crippen MR) is 123 cm³/mol. The van der Waals surface area contributed by atoms with Gasteiger partial charge < -0.3 is 14.2 Å². The highest BCUT2D eigenvalue weighted by Crippen LogP contribution is 2.32. The summed E-state index contributed by atoms with van der Waals surface area (Å²) < 4.78 is 17.9. The number of hydrogen-bond donors (Lipinski definition) is 0. The molecule has 2 heterocycles. The Bertz CT molecular complexity index is 1010. The number of aromatic nitrogens is 1. The van der Waals surface area contributed by atoms with Crippen LogP contribution in [0.4, 0.5) is 5.13 Å². The van der Waals surface area contributed by atoms with E-state index < -0.39 is 0 Å². The van der Waals surface area contributed by atoms with E-state index in [0.717, 1.165) is 46.7 Å². The Hall–Kier alpha value is -2.64. The van der Waals surface area contributed by atoms with Crippen molar-refractivity contribution in [2.24, 2.45) is 0 Å². The summed E-state index contributed by atoms with van der Waals surface area (Å²) in [6.07, 6.45) is 2.35. The number of anilines is 1. The van der Waals surface area contributed by atoms with Crippen LogP contribution in [-0.4, -0.2) is 43.4 Å². The predicted octanol–water partition coefficient (Wildman–Crippen LogP) is 4.85. The minimum Gasteiger partial charge on any atom is -0.494 e. The molecule has 1 aliphatic heterocycles. The first-order valence-electron chi connectivity index (χ1n) is 10.8. The van der Waals surface area contributed by atoms with Crippen LogP contribution >= 0.6 is 11.3 Å². The molecule has 1 fully saturated rings. The molecule has 6 nitrogen and oxygen atoms in total. The zero-order valence-electron chi connectivity index (χ0n) is 18.0. The molecule has 0 bridgehead atoms. The summed E-state index contributed by atoms with van der Waals surface area (Å²) in [5.74, 6) is 1.64. The van der Waals surface area contributed by atoms with Crippen molar-refractivity contribution in [3.05, 3.63) is 48.0 Å². The highest BCUT2D eigenvalue weighted by Gasteiger charge is 2.26. The topological polar surface area (TPSA) is 60.9 Å². The number of thiazole rings is 1. The van der Waals surface area contributed by atoms with E-state index in [1.165, 1.54) is 11.3 Å². The van der Waals surface area contributed by atoms with Crippen molar-refractivity contribution >= 4 is 32.6 Å². The number of hydrogen-bond acceptors (Lipinski definition) is 6. The van der Waals surface area contributed by atoms with Crippen LogP contribution in [0.2, 0.25) is 0 Å². The van der Waals surface area contributed by atoms with Crippen molar-refractivity contribution in [3.63, 3.8) is 0 Å². The molecular weight excluding hydrogens is 412 g/mol. The fourth-order valence-corrected chi connectivity index (χ4v) is 4.70. The van der Waals surface area contributed by atoms with E-state index in [1.807, 2.05) is 56.3 Å². The fourth-order valence-electron chi connectivity index (χ4n) is 3.68. The average Bonchev–Trinajstić information content (AvgIpc) is 3.43. The molecule has 1 amide bonds. The summed E-state index contributed by atoms with van der Waals surface area (Å²) in [6, 6.07) is 13.6. The molecule has 31 heavy (non-hydrogen) atoms. The fraction of sp³-hybridized carbons (Fsp3) is 0.417. The van der Waals surface area contributed by atoms with Crippen LogP contribution in [-0.2, 0) is 16.0 Å². The Balaban J connectivity index is 1.57. The first-order valence-corrected chi connectivity index (χ1v) is 11.6. The maximum absolute atomic E-state index is 13.3. The second-order valence-electron chi connectivity index (χ2n) is 7.45. The van der Waals surface area contributed by atoms with Crippen molar-refractivity contribution < 1.29 is 19.0 Å². The highest BCUT2D eigenvalue weighted by atomic mass is 32.1. The summed E-state index contributed by atoms with van der Waals surface area (Å²) in [4.78, 5) is 19.9. The zero-order chi connectivity index (χ0) is 21.6. The van der Waals surface area contributed by atoms with Crippen LogP contribution in [0.25, 0.3) is 10.2 Å². The molecule has 0 aliphatic carbocycles. The Morgan fingerprint density at radius 3 is 2.58 bits per heavy atom. The van der Waals surface area contributed by atoms with Crippen LogP contribution < -0.4 is 14.4 Å². The Morgan fingerprint density at radius 2 is 1.87 bits per heavy atom. The first-order chi connectivity index (χ1) is 15.2. The molecule has 1 aliphatic rings. The van der Waals surface area contributed by atoms with Crippen molar-refractivity contribution in [2.75, 3.05) is 31.3 Å². The summed E-state index contributed by atoms with van der Waals surface area (Å²) in [6.45, 7) is 6.43. The largest absolute Gasteiger partial charge is 0.494 e. The zero-order valence-corrected chi connectivity index (χ0v) is 18.8. The van der Waals surface area contributed by atoms with Gasteiger partial charge in [0.15, 0.2) is 5.13 Å². The van der Waals surface area contributed by atoms with Crippen LogP contribution in [0.5, 0.6) is 11.5 Å². The van der Waals surface area contributed by atoms with Gasteiger partial charge in [0.2, 0.25) is 5.91 Å². The van der Waals surface area contributed by atoms with Crippen LogP contribution in [0.15, 0.2) is 42.5 Å².